The van der Waals surface area contributed by atoms with Crippen LogP contribution in [0.1, 0.15) is 20.3 Å². The molecule has 0 fully saturated rings. The molecule has 1 radical (unpaired) electrons. The second kappa shape index (κ2) is 5.48. The van der Waals surface area contributed by atoms with Crippen LogP contribution >= 0.6 is 0 Å². The monoisotopic (exact) mass is 177 g/mol. The van der Waals surface area contributed by atoms with Gasteiger partial charge in [-0.3, -0.25) is 0 Å². The second-order valence-electron chi connectivity index (χ2n) is 2.96. The Hall–Kier alpha value is -0.160. The topological polar surface area (TPSA) is 80.9 Å². The van der Waals surface area contributed by atoms with E-state index in [1.807, 2.05) is 0 Å². The highest BCUT2D eigenvalue weighted by atomic mass is 16.3. The van der Waals surface area contributed by atoms with Crippen LogP contribution in [0.5, 0.6) is 0 Å². The van der Waals surface area contributed by atoms with E-state index >= 15 is 0 Å². The predicted molar refractivity (Wildman–Crippen MR) is 43.7 cm³/mol. The first-order valence-electron chi connectivity index (χ1n) is 4.03. The van der Waals surface area contributed by atoms with E-state index in [0.717, 1.165) is 0 Å². The lowest BCUT2D eigenvalue weighted by Crippen LogP contribution is -2.31. The van der Waals surface area contributed by atoms with Gasteiger partial charge in [-0.15, -0.1) is 0 Å². The quantitative estimate of drug-likeness (QED) is 0.463. The number of rotatable bonds is 5. The highest BCUT2D eigenvalue weighted by Crippen LogP contribution is 2.22. The van der Waals surface area contributed by atoms with Crippen LogP contribution in [-0.4, -0.2) is 39.2 Å². The Morgan fingerprint density at radius 1 is 1.25 bits per heavy atom. The van der Waals surface area contributed by atoms with Crippen LogP contribution in [-0.2, 0) is 0 Å². The molecule has 12 heavy (non-hydrogen) atoms. The average Bonchev–Trinajstić information content (AvgIpc) is 1.98. The zero-order valence-corrected chi connectivity index (χ0v) is 7.44. The summed E-state index contributed by atoms with van der Waals surface area (Å²) in [6.07, 6.45) is -1.63. The van der Waals surface area contributed by atoms with E-state index in [0.29, 0.717) is 0 Å². The van der Waals surface area contributed by atoms with Crippen LogP contribution in [0.2, 0.25) is 0 Å². The molecule has 0 aromatic rings. The van der Waals surface area contributed by atoms with Gasteiger partial charge in [-0.05, 0) is 20.3 Å². The maximum Gasteiger partial charge on any atom is 0.127 e. The van der Waals surface area contributed by atoms with Crippen LogP contribution in [0, 0.1) is 12.0 Å². The van der Waals surface area contributed by atoms with Gasteiger partial charge in [0.25, 0.3) is 0 Å². The van der Waals surface area contributed by atoms with Crippen molar-refractivity contribution in [3.05, 3.63) is 6.10 Å². The van der Waals surface area contributed by atoms with Crippen LogP contribution in [0.3, 0.4) is 0 Å². The first-order chi connectivity index (χ1) is 5.50. The van der Waals surface area contributed by atoms with E-state index < -0.39 is 18.1 Å². The molecule has 0 aliphatic rings. The fourth-order valence-electron chi connectivity index (χ4n) is 1.09. The molecule has 0 rings (SSSR count). The Morgan fingerprint density at radius 2 is 1.75 bits per heavy atom. The van der Waals surface area contributed by atoms with Crippen molar-refractivity contribution in [2.75, 3.05) is 6.61 Å². The maximum atomic E-state index is 9.28. The SMILES string of the molecule is CC(O)[C](O)C(CCO)C(C)O. The highest BCUT2D eigenvalue weighted by molar-refractivity contribution is 4.92. The summed E-state index contributed by atoms with van der Waals surface area (Å²) in [5.74, 6) is -0.546. The first-order valence-corrected chi connectivity index (χ1v) is 4.03. The summed E-state index contributed by atoms with van der Waals surface area (Å²) >= 11 is 0. The third-order valence-electron chi connectivity index (χ3n) is 1.83. The summed E-state index contributed by atoms with van der Waals surface area (Å²) in [5, 5.41) is 36.0. The van der Waals surface area contributed by atoms with Crippen molar-refractivity contribution in [2.45, 2.75) is 32.5 Å². The van der Waals surface area contributed by atoms with Crippen molar-refractivity contribution in [3.8, 4) is 0 Å². The Kier molecular flexibility index (Phi) is 5.41. The van der Waals surface area contributed by atoms with Crippen molar-refractivity contribution in [1.82, 2.24) is 0 Å². The molecule has 3 unspecified atom stereocenters. The summed E-state index contributed by atoms with van der Waals surface area (Å²) in [6.45, 7) is 2.81. The van der Waals surface area contributed by atoms with Gasteiger partial charge in [0, 0.05) is 12.5 Å². The fraction of sp³-hybridized carbons (Fsp3) is 0.875. The molecular formula is C8H17O4. The Labute approximate surface area is 72.5 Å². The van der Waals surface area contributed by atoms with Gasteiger partial charge in [-0.2, -0.15) is 0 Å². The highest BCUT2D eigenvalue weighted by Gasteiger charge is 2.27. The van der Waals surface area contributed by atoms with Crippen LogP contribution in [0.4, 0.5) is 0 Å². The Balaban J connectivity index is 4.09. The molecule has 0 saturated heterocycles. The minimum absolute atomic E-state index is 0.119. The predicted octanol–water partition coefficient (Wildman–Crippen LogP) is -0.349. The van der Waals surface area contributed by atoms with Crippen molar-refractivity contribution < 1.29 is 20.4 Å². The van der Waals surface area contributed by atoms with Gasteiger partial charge < -0.3 is 20.4 Å². The van der Waals surface area contributed by atoms with Gasteiger partial charge in [0.15, 0.2) is 0 Å². The summed E-state index contributed by atoms with van der Waals surface area (Å²) in [5.41, 5.74) is 0. The molecule has 4 N–H and O–H groups in total. The van der Waals surface area contributed by atoms with Crippen molar-refractivity contribution >= 4 is 0 Å². The van der Waals surface area contributed by atoms with Crippen LogP contribution in [0.15, 0.2) is 0 Å². The molecule has 0 spiro atoms. The minimum atomic E-state index is -0.962. The first kappa shape index (κ1) is 11.8. The molecule has 3 atom stereocenters. The number of aliphatic hydroxyl groups is 4. The average molecular weight is 177 g/mol. The molecule has 0 heterocycles. The molecule has 0 amide bonds. The van der Waals surface area contributed by atoms with Gasteiger partial charge >= 0.3 is 0 Å². The molecule has 0 aliphatic carbocycles. The molecule has 0 aliphatic heterocycles. The summed E-state index contributed by atoms with van der Waals surface area (Å²) < 4.78 is 0. The Bertz CT molecular complexity index is 114. The van der Waals surface area contributed by atoms with Gasteiger partial charge in [-0.1, -0.05) is 0 Å². The van der Waals surface area contributed by atoms with Gasteiger partial charge in [0.1, 0.15) is 6.10 Å². The van der Waals surface area contributed by atoms with E-state index in [-0.39, 0.29) is 19.1 Å². The molecule has 4 nitrogen and oxygen atoms in total. The third-order valence-corrected chi connectivity index (χ3v) is 1.83. The van der Waals surface area contributed by atoms with E-state index in [4.69, 9.17) is 15.3 Å². The van der Waals surface area contributed by atoms with Gasteiger partial charge in [0.2, 0.25) is 0 Å². The minimum Gasteiger partial charge on any atom is -0.396 e. The third kappa shape index (κ3) is 3.49. The molecule has 0 aromatic carbocycles. The second-order valence-corrected chi connectivity index (χ2v) is 2.96. The van der Waals surface area contributed by atoms with Gasteiger partial charge in [-0.25, -0.2) is 0 Å². The number of hydrogen-bond acceptors (Lipinski definition) is 4. The lowest BCUT2D eigenvalue weighted by molar-refractivity contribution is 0.0160. The van der Waals surface area contributed by atoms with Crippen LogP contribution in [0.25, 0.3) is 0 Å². The molecule has 0 aromatic heterocycles. The van der Waals surface area contributed by atoms with Crippen molar-refractivity contribution in [3.63, 3.8) is 0 Å². The molecular weight excluding hydrogens is 160 g/mol. The van der Waals surface area contributed by atoms with Crippen molar-refractivity contribution in [1.29, 1.82) is 0 Å². The molecule has 73 valence electrons. The summed E-state index contributed by atoms with van der Waals surface area (Å²) in [6, 6.07) is 0. The van der Waals surface area contributed by atoms with E-state index in [9.17, 15) is 5.11 Å². The van der Waals surface area contributed by atoms with Gasteiger partial charge in [0.05, 0.1) is 12.2 Å². The van der Waals surface area contributed by atoms with E-state index in [1.54, 1.807) is 0 Å². The largest absolute Gasteiger partial charge is 0.396 e. The Morgan fingerprint density at radius 3 is 2.00 bits per heavy atom. The number of hydrogen-bond donors (Lipinski definition) is 4. The maximum absolute atomic E-state index is 9.28. The zero-order chi connectivity index (χ0) is 9.72. The number of aliphatic hydroxyl groups excluding tert-OH is 4. The van der Waals surface area contributed by atoms with Crippen molar-refractivity contribution in [2.24, 2.45) is 5.92 Å². The van der Waals surface area contributed by atoms with E-state index in [1.165, 1.54) is 13.8 Å². The molecule has 0 saturated carbocycles. The van der Waals surface area contributed by atoms with E-state index in [2.05, 4.69) is 0 Å². The fourth-order valence-corrected chi connectivity index (χ4v) is 1.09. The zero-order valence-electron chi connectivity index (χ0n) is 7.44. The normalized spacial score (nSPS) is 19.2. The molecule has 4 heteroatoms. The summed E-state index contributed by atoms with van der Waals surface area (Å²) in [7, 11) is 0. The lowest BCUT2D eigenvalue weighted by Gasteiger charge is -2.25. The summed E-state index contributed by atoms with van der Waals surface area (Å²) in [4.78, 5) is 0. The smallest absolute Gasteiger partial charge is 0.127 e. The standard InChI is InChI=1S/C8H17O4/c1-5(10)7(3-4-9)8(12)6(2)11/h5-7,9-12H,3-4H2,1-2H3. The lowest BCUT2D eigenvalue weighted by atomic mass is 9.91. The molecule has 0 bridgehead atoms. The van der Waals surface area contributed by atoms with Crippen LogP contribution < -0.4 is 0 Å².